The van der Waals surface area contributed by atoms with Gasteiger partial charge < -0.3 is 5.32 Å². The molecular weight excluding hydrogens is 310 g/mol. The molecule has 1 aromatic heterocycles. The maximum Gasteiger partial charge on any atom is 0.249 e. The summed E-state index contributed by atoms with van der Waals surface area (Å²) in [5.41, 5.74) is 2.96. The minimum Gasteiger partial charge on any atom is -0.366 e. The second-order valence-electron chi connectivity index (χ2n) is 6.52. The van der Waals surface area contributed by atoms with Crippen LogP contribution in [0.1, 0.15) is 30.6 Å². The Bertz CT molecular complexity index is 823. The Kier molecular flexibility index (Phi) is 5.29. The highest BCUT2D eigenvalue weighted by Gasteiger charge is 2.16. The summed E-state index contributed by atoms with van der Waals surface area (Å²) in [6.45, 7) is 4.73. The van der Waals surface area contributed by atoms with Crippen LogP contribution in [0.3, 0.4) is 0 Å². The first kappa shape index (κ1) is 17.0. The third-order valence-corrected chi connectivity index (χ3v) is 3.91. The van der Waals surface area contributed by atoms with E-state index in [0.717, 1.165) is 22.6 Å². The molecule has 25 heavy (non-hydrogen) atoms. The molecule has 0 saturated heterocycles. The molecule has 0 radical (unpaired) electrons. The average Bonchev–Trinajstić information content (AvgIpc) is 3.05. The number of hydrogen-bond acceptors (Lipinski definition) is 3. The summed E-state index contributed by atoms with van der Waals surface area (Å²) in [7, 11) is 0. The van der Waals surface area contributed by atoms with Gasteiger partial charge in [0.15, 0.2) is 0 Å². The fourth-order valence-electron chi connectivity index (χ4n) is 2.67. The normalized spacial score (nSPS) is 10.8. The van der Waals surface area contributed by atoms with Gasteiger partial charge in [-0.1, -0.05) is 74.5 Å². The van der Waals surface area contributed by atoms with Gasteiger partial charge in [0, 0.05) is 24.6 Å². The van der Waals surface area contributed by atoms with Crippen LogP contribution in [0.2, 0.25) is 0 Å². The lowest BCUT2D eigenvalue weighted by atomic mass is 10.1. The Balaban J connectivity index is 1.88. The van der Waals surface area contributed by atoms with Gasteiger partial charge in [0.25, 0.3) is 0 Å². The summed E-state index contributed by atoms with van der Waals surface area (Å²) in [4.78, 5) is 12.6. The number of anilines is 1. The van der Waals surface area contributed by atoms with Gasteiger partial charge in [0.05, 0.1) is 5.69 Å². The van der Waals surface area contributed by atoms with Crippen LogP contribution in [0.5, 0.6) is 0 Å². The van der Waals surface area contributed by atoms with Gasteiger partial charge in [-0.05, 0) is 11.5 Å². The molecule has 0 aliphatic heterocycles. The Hall–Kier alpha value is -2.88. The van der Waals surface area contributed by atoms with Gasteiger partial charge in [-0.2, -0.15) is 9.78 Å². The molecule has 0 unspecified atom stereocenters. The van der Waals surface area contributed by atoms with Crippen molar-refractivity contribution in [3.05, 3.63) is 72.3 Å². The molecule has 3 aromatic rings. The first-order chi connectivity index (χ1) is 12.1. The Morgan fingerprint density at radius 2 is 1.68 bits per heavy atom. The van der Waals surface area contributed by atoms with E-state index >= 15 is 0 Å². The standard InChI is InChI=1S/C21H23N3O/c1-16(2)13-21(25)24-20(22-15-17-9-5-3-6-10-17)14-19(23-24)18-11-7-4-8-12-18/h3-12,14,16,22H,13,15H2,1-2H3. The smallest absolute Gasteiger partial charge is 0.249 e. The van der Waals surface area contributed by atoms with Crippen LogP contribution in [-0.2, 0) is 6.54 Å². The van der Waals surface area contributed by atoms with Crippen molar-refractivity contribution in [2.24, 2.45) is 5.92 Å². The molecule has 0 spiro atoms. The number of hydrogen-bond donors (Lipinski definition) is 1. The van der Waals surface area contributed by atoms with Crippen molar-refractivity contribution in [1.82, 2.24) is 9.78 Å². The SMILES string of the molecule is CC(C)CC(=O)n1nc(-c2ccccc2)cc1NCc1ccccc1. The van der Waals surface area contributed by atoms with E-state index in [4.69, 9.17) is 0 Å². The molecule has 128 valence electrons. The van der Waals surface area contributed by atoms with Gasteiger partial charge in [-0.25, -0.2) is 0 Å². The first-order valence-electron chi connectivity index (χ1n) is 8.60. The van der Waals surface area contributed by atoms with E-state index in [1.807, 2.05) is 68.4 Å². The zero-order valence-corrected chi connectivity index (χ0v) is 14.6. The summed E-state index contributed by atoms with van der Waals surface area (Å²) in [5, 5.41) is 7.90. The van der Waals surface area contributed by atoms with Crippen LogP contribution in [-0.4, -0.2) is 15.7 Å². The van der Waals surface area contributed by atoms with Gasteiger partial charge in [0.1, 0.15) is 5.82 Å². The third-order valence-electron chi connectivity index (χ3n) is 3.91. The van der Waals surface area contributed by atoms with Crippen LogP contribution in [0, 0.1) is 5.92 Å². The van der Waals surface area contributed by atoms with Gasteiger partial charge in [-0.15, -0.1) is 0 Å². The van der Waals surface area contributed by atoms with Crippen LogP contribution in [0.25, 0.3) is 11.3 Å². The summed E-state index contributed by atoms with van der Waals surface area (Å²) >= 11 is 0. The number of rotatable bonds is 6. The molecule has 0 aliphatic carbocycles. The van der Waals surface area contributed by atoms with Crippen LogP contribution >= 0.6 is 0 Å². The molecule has 0 fully saturated rings. The Morgan fingerprint density at radius 3 is 2.32 bits per heavy atom. The molecule has 2 aromatic carbocycles. The Morgan fingerprint density at radius 1 is 1.04 bits per heavy atom. The lowest BCUT2D eigenvalue weighted by Crippen LogP contribution is -2.17. The van der Waals surface area contributed by atoms with Crippen molar-refractivity contribution < 1.29 is 4.79 Å². The molecule has 0 bridgehead atoms. The van der Waals surface area contributed by atoms with Crippen molar-refractivity contribution >= 4 is 11.7 Å². The van der Waals surface area contributed by atoms with E-state index in [0.29, 0.717) is 18.9 Å². The minimum atomic E-state index is 0.00717. The molecular formula is C21H23N3O. The van der Waals surface area contributed by atoms with Crippen molar-refractivity contribution in [1.29, 1.82) is 0 Å². The second-order valence-corrected chi connectivity index (χ2v) is 6.52. The number of benzene rings is 2. The largest absolute Gasteiger partial charge is 0.366 e. The number of nitrogens with zero attached hydrogens (tertiary/aromatic N) is 2. The van der Waals surface area contributed by atoms with Gasteiger partial charge in [0.2, 0.25) is 5.91 Å². The number of carbonyl (C=O) groups is 1. The van der Waals surface area contributed by atoms with Crippen LogP contribution < -0.4 is 5.32 Å². The third kappa shape index (κ3) is 4.35. The van der Waals surface area contributed by atoms with Crippen LogP contribution in [0.4, 0.5) is 5.82 Å². The fraction of sp³-hybridized carbons (Fsp3) is 0.238. The molecule has 3 rings (SSSR count). The predicted molar refractivity (Wildman–Crippen MR) is 102 cm³/mol. The van der Waals surface area contributed by atoms with Crippen molar-refractivity contribution in [3.8, 4) is 11.3 Å². The lowest BCUT2D eigenvalue weighted by molar-refractivity contribution is 0.0873. The summed E-state index contributed by atoms with van der Waals surface area (Å²) in [6, 6.07) is 22.0. The molecule has 0 atom stereocenters. The minimum absolute atomic E-state index is 0.00717. The predicted octanol–water partition coefficient (Wildman–Crippen LogP) is 4.85. The first-order valence-corrected chi connectivity index (χ1v) is 8.60. The van der Waals surface area contributed by atoms with E-state index < -0.39 is 0 Å². The van der Waals surface area contributed by atoms with Gasteiger partial charge >= 0.3 is 0 Å². The molecule has 1 heterocycles. The Labute approximate surface area is 148 Å². The van der Waals surface area contributed by atoms with E-state index in [9.17, 15) is 4.79 Å². The monoisotopic (exact) mass is 333 g/mol. The fourth-order valence-corrected chi connectivity index (χ4v) is 2.67. The van der Waals surface area contributed by atoms with Crippen molar-refractivity contribution in [2.75, 3.05) is 5.32 Å². The zero-order valence-electron chi connectivity index (χ0n) is 14.6. The molecule has 0 aliphatic rings. The number of carbonyl (C=O) groups excluding carboxylic acids is 1. The molecule has 4 nitrogen and oxygen atoms in total. The molecule has 0 amide bonds. The van der Waals surface area contributed by atoms with Crippen molar-refractivity contribution in [2.45, 2.75) is 26.8 Å². The highest BCUT2D eigenvalue weighted by Crippen LogP contribution is 2.23. The van der Waals surface area contributed by atoms with E-state index in [1.165, 1.54) is 4.68 Å². The number of nitrogens with one attached hydrogen (secondary N) is 1. The average molecular weight is 333 g/mol. The van der Waals surface area contributed by atoms with E-state index in [1.54, 1.807) is 0 Å². The highest BCUT2D eigenvalue weighted by molar-refractivity contribution is 5.83. The molecule has 4 heteroatoms. The second kappa shape index (κ2) is 7.79. The molecule has 1 N–H and O–H groups in total. The topological polar surface area (TPSA) is 46.9 Å². The summed E-state index contributed by atoms with van der Waals surface area (Å²) in [5.74, 6) is 1.03. The maximum atomic E-state index is 12.6. The van der Waals surface area contributed by atoms with E-state index in [2.05, 4.69) is 22.5 Å². The number of aromatic nitrogens is 2. The summed E-state index contributed by atoms with van der Waals surface area (Å²) in [6.07, 6.45) is 0.468. The quantitative estimate of drug-likeness (QED) is 0.701. The maximum absolute atomic E-state index is 12.6. The van der Waals surface area contributed by atoms with E-state index in [-0.39, 0.29) is 5.91 Å². The summed E-state index contributed by atoms with van der Waals surface area (Å²) < 4.78 is 1.51. The van der Waals surface area contributed by atoms with Crippen LogP contribution in [0.15, 0.2) is 66.7 Å². The zero-order chi connectivity index (χ0) is 17.6. The lowest BCUT2D eigenvalue weighted by Gasteiger charge is -2.10. The van der Waals surface area contributed by atoms with Crippen molar-refractivity contribution in [3.63, 3.8) is 0 Å². The highest BCUT2D eigenvalue weighted by atomic mass is 16.2. The van der Waals surface area contributed by atoms with Gasteiger partial charge in [-0.3, -0.25) is 4.79 Å². The molecule has 0 saturated carbocycles.